The van der Waals surface area contributed by atoms with Crippen LogP contribution in [-0.4, -0.2) is 0 Å². The van der Waals surface area contributed by atoms with Gasteiger partial charge in [0.25, 0.3) is 0 Å². The van der Waals surface area contributed by atoms with Gasteiger partial charge in [-0.05, 0) is 34.8 Å². The number of furan rings is 1. The number of hydrogen-bond donors (Lipinski definition) is 0. The Balaban J connectivity index is 2.20. The molecule has 1 heterocycles. The predicted molar refractivity (Wildman–Crippen MR) is 54.3 cm³/mol. The van der Waals surface area contributed by atoms with Gasteiger partial charge in [-0.1, -0.05) is 26.2 Å². The third-order valence-electron chi connectivity index (χ3n) is 1.99. The van der Waals surface area contributed by atoms with E-state index in [1.54, 1.807) is 6.26 Å². The molecule has 1 aromatic heterocycles. The fourth-order valence-corrected chi connectivity index (χ4v) is 1.68. The zero-order chi connectivity index (χ0) is 8.81. The highest BCUT2D eigenvalue weighted by atomic mass is 79.9. The lowest BCUT2D eigenvalue weighted by Gasteiger charge is -1.97. The summed E-state index contributed by atoms with van der Waals surface area (Å²) in [4.78, 5) is 0. The van der Waals surface area contributed by atoms with Crippen molar-refractivity contribution >= 4 is 15.9 Å². The first-order valence-electron chi connectivity index (χ1n) is 4.56. The van der Waals surface area contributed by atoms with Crippen LogP contribution in [0.4, 0.5) is 0 Å². The maximum Gasteiger partial charge on any atom is 0.172 e. The van der Waals surface area contributed by atoms with Crippen LogP contribution in [0.15, 0.2) is 21.4 Å². The second-order valence-electron chi connectivity index (χ2n) is 3.03. The Labute approximate surface area is 82.3 Å². The molecule has 0 spiro atoms. The van der Waals surface area contributed by atoms with Gasteiger partial charge >= 0.3 is 0 Å². The number of hydrogen-bond acceptors (Lipinski definition) is 1. The van der Waals surface area contributed by atoms with Crippen LogP contribution in [0.3, 0.4) is 0 Å². The number of halogens is 1. The van der Waals surface area contributed by atoms with Gasteiger partial charge in [0.2, 0.25) is 0 Å². The summed E-state index contributed by atoms with van der Waals surface area (Å²) in [6, 6.07) is 2.04. The molecular formula is C10H15BrO. The highest BCUT2D eigenvalue weighted by Gasteiger charge is 2.01. The smallest absolute Gasteiger partial charge is 0.172 e. The first-order chi connectivity index (χ1) is 5.84. The topological polar surface area (TPSA) is 13.1 Å². The molecule has 68 valence electrons. The third-order valence-corrected chi connectivity index (χ3v) is 2.69. The van der Waals surface area contributed by atoms with Crippen molar-refractivity contribution in [1.29, 1.82) is 0 Å². The highest BCUT2D eigenvalue weighted by molar-refractivity contribution is 9.10. The normalized spacial score (nSPS) is 10.5. The van der Waals surface area contributed by atoms with Gasteiger partial charge < -0.3 is 4.42 Å². The molecule has 0 fully saturated rings. The van der Waals surface area contributed by atoms with E-state index in [1.165, 1.54) is 31.2 Å². The first kappa shape index (κ1) is 9.85. The Kier molecular flexibility index (Phi) is 4.44. The Morgan fingerprint density at radius 2 is 2.17 bits per heavy atom. The van der Waals surface area contributed by atoms with Crippen LogP contribution in [0.25, 0.3) is 0 Å². The first-order valence-corrected chi connectivity index (χ1v) is 5.35. The Hall–Kier alpha value is -0.240. The van der Waals surface area contributed by atoms with E-state index < -0.39 is 0 Å². The summed E-state index contributed by atoms with van der Waals surface area (Å²) < 4.78 is 6.04. The van der Waals surface area contributed by atoms with E-state index in [0.29, 0.717) is 0 Å². The minimum Gasteiger partial charge on any atom is -0.457 e. The van der Waals surface area contributed by atoms with E-state index >= 15 is 0 Å². The molecule has 1 nitrogen and oxygen atoms in total. The molecule has 0 bridgehead atoms. The van der Waals surface area contributed by atoms with Crippen LogP contribution < -0.4 is 0 Å². The third kappa shape index (κ3) is 3.02. The lowest BCUT2D eigenvalue weighted by Crippen LogP contribution is -1.83. The standard InChI is InChI=1S/C10H15BrO/c1-2-3-4-5-6-9-7-8-12-10(9)11/h7-8H,2-6H2,1H3. The van der Waals surface area contributed by atoms with Gasteiger partial charge in [0, 0.05) is 5.56 Å². The van der Waals surface area contributed by atoms with Crippen molar-refractivity contribution in [3.63, 3.8) is 0 Å². The van der Waals surface area contributed by atoms with Gasteiger partial charge in [0.1, 0.15) is 0 Å². The van der Waals surface area contributed by atoms with Gasteiger partial charge in [-0.25, -0.2) is 0 Å². The molecule has 0 atom stereocenters. The van der Waals surface area contributed by atoms with Crippen molar-refractivity contribution in [3.8, 4) is 0 Å². The van der Waals surface area contributed by atoms with Gasteiger partial charge in [0.05, 0.1) is 6.26 Å². The maximum atomic E-state index is 5.14. The van der Waals surface area contributed by atoms with Gasteiger partial charge in [0.15, 0.2) is 4.67 Å². The fraction of sp³-hybridized carbons (Fsp3) is 0.600. The van der Waals surface area contributed by atoms with E-state index in [9.17, 15) is 0 Å². The average molecular weight is 231 g/mol. The lowest BCUT2D eigenvalue weighted by molar-refractivity contribution is 0.535. The number of aryl methyl sites for hydroxylation is 1. The van der Waals surface area contributed by atoms with Crippen molar-refractivity contribution in [2.75, 3.05) is 0 Å². The molecule has 1 rings (SSSR count). The Morgan fingerprint density at radius 3 is 2.75 bits per heavy atom. The van der Waals surface area contributed by atoms with E-state index in [4.69, 9.17) is 4.42 Å². The summed E-state index contributed by atoms with van der Waals surface area (Å²) in [6.07, 6.45) is 8.11. The predicted octanol–water partition coefficient (Wildman–Crippen LogP) is 4.16. The molecular weight excluding hydrogens is 216 g/mol. The monoisotopic (exact) mass is 230 g/mol. The van der Waals surface area contributed by atoms with Crippen LogP contribution in [0.2, 0.25) is 0 Å². The molecule has 1 aromatic rings. The van der Waals surface area contributed by atoms with Crippen molar-refractivity contribution in [2.24, 2.45) is 0 Å². The van der Waals surface area contributed by atoms with Crippen LogP contribution in [0.5, 0.6) is 0 Å². The highest BCUT2D eigenvalue weighted by Crippen LogP contribution is 2.19. The molecule has 0 unspecified atom stereocenters. The number of rotatable bonds is 5. The molecule has 0 saturated carbocycles. The molecule has 0 N–H and O–H groups in total. The lowest BCUT2D eigenvalue weighted by atomic mass is 10.1. The summed E-state index contributed by atoms with van der Waals surface area (Å²) >= 11 is 3.37. The largest absolute Gasteiger partial charge is 0.457 e. The van der Waals surface area contributed by atoms with Gasteiger partial charge in [-0.2, -0.15) is 0 Å². The minimum absolute atomic E-state index is 0.902. The van der Waals surface area contributed by atoms with Crippen molar-refractivity contribution in [3.05, 3.63) is 22.6 Å². The zero-order valence-electron chi connectivity index (χ0n) is 7.48. The molecule has 0 aliphatic rings. The molecule has 0 saturated heterocycles. The molecule has 2 heteroatoms. The van der Waals surface area contributed by atoms with E-state index in [2.05, 4.69) is 22.9 Å². The Bertz CT molecular complexity index is 217. The van der Waals surface area contributed by atoms with Crippen LogP contribution in [0.1, 0.15) is 38.2 Å². The van der Waals surface area contributed by atoms with E-state index in [-0.39, 0.29) is 0 Å². The van der Waals surface area contributed by atoms with E-state index in [1.807, 2.05) is 6.07 Å². The maximum absolute atomic E-state index is 5.14. The van der Waals surface area contributed by atoms with Gasteiger partial charge in [-0.3, -0.25) is 0 Å². The second kappa shape index (κ2) is 5.41. The van der Waals surface area contributed by atoms with Crippen molar-refractivity contribution < 1.29 is 4.42 Å². The van der Waals surface area contributed by atoms with Crippen molar-refractivity contribution in [1.82, 2.24) is 0 Å². The number of unbranched alkanes of at least 4 members (excludes halogenated alkanes) is 3. The Morgan fingerprint density at radius 1 is 1.33 bits per heavy atom. The van der Waals surface area contributed by atoms with Crippen LogP contribution in [-0.2, 0) is 6.42 Å². The van der Waals surface area contributed by atoms with E-state index in [0.717, 1.165) is 11.1 Å². The summed E-state index contributed by atoms with van der Waals surface area (Å²) in [5.41, 5.74) is 1.30. The molecule has 0 aromatic carbocycles. The molecule has 0 radical (unpaired) electrons. The van der Waals surface area contributed by atoms with Gasteiger partial charge in [-0.15, -0.1) is 0 Å². The quantitative estimate of drug-likeness (QED) is 0.693. The molecule has 0 aliphatic heterocycles. The molecule has 0 amide bonds. The molecule has 12 heavy (non-hydrogen) atoms. The zero-order valence-corrected chi connectivity index (χ0v) is 9.06. The van der Waals surface area contributed by atoms with Crippen molar-refractivity contribution in [2.45, 2.75) is 39.0 Å². The summed E-state index contributed by atoms with van der Waals surface area (Å²) in [5, 5.41) is 0. The van der Waals surface area contributed by atoms with Crippen LogP contribution in [0, 0.1) is 0 Å². The summed E-state index contributed by atoms with van der Waals surface area (Å²) in [7, 11) is 0. The van der Waals surface area contributed by atoms with Crippen LogP contribution >= 0.6 is 15.9 Å². The average Bonchev–Trinajstić information content (AvgIpc) is 2.46. The fourth-order valence-electron chi connectivity index (χ4n) is 1.24. The minimum atomic E-state index is 0.902. The summed E-state index contributed by atoms with van der Waals surface area (Å²) in [6.45, 7) is 2.23. The SMILES string of the molecule is CCCCCCc1ccoc1Br. The summed E-state index contributed by atoms with van der Waals surface area (Å²) in [5.74, 6) is 0. The second-order valence-corrected chi connectivity index (χ2v) is 3.75. The molecule has 0 aliphatic carbocycles.